The average molecular weight is 325 g/mol. The third-order valence-electron chi connectivity index (χ3n) is 2.80. The summed E-state index contributed by atoms with van der Waals surface area (Å²) in [6.07, 6.45) is 1.02. The third-order valence-corrected chi connectivity index (χ3v) is 3.60. The van der Waals surface area contributed by atoms with Gasteiger partial charge < -0.3 is 0 Å². The Kier molecular flexibility index (Phi) is 4.07. The third kappa shape index (κ3) is 2.93. The Morgan fingerprint density at radius 2 is 2.06 bits per heavy atom. The summed E-state index contributed by atoms with van der Waals surface area (Å²) >= 11 is 8.90. The molecule has 1 N–H and O–H groups in total. The highest BCUT2D eigenvalue weighted by Gasteiger charge is 2.07. The molecular formula is C14H17BrN2S. The molecule has 0 aliphatic carbocycles. The first-order valence-electron chi connectivity index (χ1n) is 6.05. The van der Waals surface area contributed by atoms with Crippen LogP contribution in [0.15, 0.2) is 28.7 Å². The van der Waals surface area contributed by atoms with Crippen molar-refractivity contribution in [3.8, 4) is 5.69 Å². The largest absolute Gasteiger partial charge is 0.297 e. The van der Waals surface area contributed by atoms with Crippen LogP contribution in [0.4, 0.5) is 0 Å². The van der Waals surface area contributed by atoms with Gasteiger partial charge in [-0.25, -0.2) is 4.68 Å². The highest BCUT2D eigenvalue weighted by atomic mass is 79.9. The van der Waals surface area contributed by atoms with E-state index in [4.69, 9.17) is 12.2 Å². The summed E-state index contributed by atoms with van der Waals surface area (Å²) in [5.41, 5.74) is 3.49. The maximum atomic E-state index is 5.42. The van der Waals surface area contributed by atoms with Gasteiger partial charge in [-0.1, -0.05) is 42.0 Å². The molecule has 1 aromatic heterocycles. The number of aromatic amines is 1. The fourth-order valence-corrected chi connectivity index (χ4v) is 2.80. The van der Waals surface area contributed by atoms with Gasteiger partial charge >= 0.3 is 0 Å². The summed E-state index contributed by atoms with van der Waals surface area (Å²) in [4.78, 5) is 0. The molecule has 0 unspecified atom stereocenters. The zero-order valence-corrected chi connectivity index (χ0v) is 13.2. The molecule has 0 fully saturated rings. The number of H-pyrrole nitrogens is 1. The molecule has 0 amide bonds. The molecule has 0 atom stereocenters. The minimum Gasteiger partial charge on any atom is -0.297 e. The molecule has 0 saturated carbocycles. The molecule has 2 nitrogen and oxygen atoms in total. The molecule has 2 rings (SSSR count). The molecule has 0 bridgehead atoms. The number of hydrogen-bond donors (Lipinski definition) is 1. The Hall–Kier alpha value is -0.870. The maximum absolute atomic E-state index is 5.42. The summed E-state index contributed by atoms with van der Waals surface area (Å²) in [7, 11) is 0. The predicted octanol–water partition coefficient (Wildman–Crippen LogP) is 4.80. The van der Waals surface area contributed by atoms with E-state index in [0.29, 0.717) is 5.92 Å². The molecule has 18 heavy (non-hydrogen) atoms. The predicted molar refractivity (Wildman–Crippen MR) is 81.9 cm³/mol. The van der Waals surface area contributed by atoms with Crippen LogP contribution in [0.1, 0.15) is 25.1 Å². The normalized spacial score (nSPS) is 11.2. The van der Waals surface area contributed by atoms with Gasteiger partial charge in [0.15, 0.2) is 0 Å². The van der Waals surface area contributed by atoms with Gasteiger partial charge in [0.2, 0.25) is 0 Å². The molecule has 0 radical (unpaired) electrons. The second-order valence-electron chi connectivity index (χ2n) is 4.98. The molecule has 2 aromatic rings. The van der Waals surface area contributed by atoms with E-state index < -0.39 is 0 Å². The molecule has 0 saturated heterocycles. The summed E-state index contributed by atoms with van der Waals surface area (Å²) in [5, 5.41) is 3.39. The lowest BCUT2D eigenvalue weighted by Crippen LogP contribution is -2.01. The van der Waals surface area contributed by atoms with Crippen LogP contribution in [-0.2, 0) is 6.42 Å². The molecule has 1 aromatic carbocycles. The second-order valence-corrected chi connectivity index (χ2v) is 6.32. The molecule has 0 aliphatic heterocycles. The number of hydrogen-bond acceptors (Lipinski definition) is 1. The van der Waals surface area contributed by atoms with Crippen molar-refractivity contribution in [1.82, 2.24) is 9.78 Å². The van der Waals surface area contributed by atoms with Gasteiger partial charge in [-0.05, 0) is 49.1 Å². The molecule has 4 heteroatoms. The maximum Gasteiger partial charge on any atom is 0.127 e. The Morgan fingerprint density at radius 3 is 2.67 bits per heavy atom. The fourth-order valence-electron chi connectivity index (χ4n) is 2.04. The first-order chi connectivity index (χ1) is 8.47. The van der Waals surface area contributed by atoms with Crippen molar-refractivity contribution < 1.29 is 0 Å². The van der Waals surface area contributed by atoms with Crippen LogP contribution >= 0.6 is 28.1 Å². The highest BCUT2D eigenvalue weighted by Crippen LogP contribution is 2.20. The minimum atomic E-state index is 0.623. The molecule has 96 valence electrons. The lowest BCUT2D eigenvalue weighted by Gasteiger charge is -2.08. The zero-order valence-electron chi connectivity index (χ0n) is 10.8. The SMILES string of the molecule is Cc1cc(Br)ccc1-n1[nH]c(CC(C)C)cc1=S. The molecule has 0 aliphatic rings. The van der Waals surface area contributed by atoms with Crippen molar-refractivity contribution in [3.05, 3.63) is 44.6 Å². The van der Waals surface area contributed by atoms with Crippen LogP contribution in [0.5, 0.6) is 0 Å². The van der Waals surface area contributed by atoms with Gasteiger partial charge in [0.1, 0.15) is 4.64 Å². The first-order valence-corrected chi connectivity index (χ1v) is 7.25. The van der Waals surface area contributed by atoms with E-state index in [2.05, 4.69) is 60.0 Å². The van der Waals surface area contributed by atoms with Crippen LogP contribution < -0.4 is 0 Å². The van der Waals surface area contributed by atoms with E-state index >= 15 is 0 Å². The van der Waals surface area contributed by atoms with Gasteiger partial charge in [-0.2, -0.15) is 0 Å². The van der Waals surface area contributed by atoms with Gasteiger partial charge in [-0.15, -0.1) is 0 Å². The number of aromatic nitrogens is 2. The van der Waals surface area contributed by atoms with E-state index in [-0.39, 0.29) is 0 Å². The molecular weight excluding hydrogens is 308 g/mol. The van der Waals surface area contributed by atoms with Crippen LogP contribution in [0.2, 0.25) is 0 Å². The van der Waals surface area contributed by atoms with Crippen molar-refractivity contribution in [2.45, 2.75) is 27.2 Å². The van der Waals surface area contributed by atoms with Crippen LogP contribution in [-0.4, -0.2) is 9.78 Å². The standard InChI is InChI=1S/C14H17BrN2S/c1-9(2)6-12-8-14(18)17(16-12)13-5-4-11(15)7-10(13)3/h4-5,7-9,16H,6H2,1-3H3. The lowest BCUT2D eigenvalue weighted by molar-refractivity contribution is 0.628. The van der Waals surface area contributed by atoms with E-state index in [1.54, 1.807) is 0 Å². The van der Waals surface area contributed by atoms with Gasteiger partial charge in [0, 0.05) is 10.2 Å². The topological polar surface area (TPSA) is 20.7 Å². The van der Waals surface area contributed by atoms with Gasteiger partial charge in [0.05, 0.1) is 5.69 Å². The number of rotatable bonds is 3. The smallest absolute Gasteiger partial charge is 0.127 e. The van der Waals surface area contributed by atoms with Crippen molar-refractivity contribution >= 4 is 28.1 Å². The second kappa shape index (κ2) is 5.41. The van der Waals surface area contributed by atoms with E-state index in [9.17, 15) is 0 Å². The average Bonchev–Trinajstić information content (AvgIpc) is 2.58. The minimum absolute atomic E-state index is 0.623. The Morgan fingerprint density at radius 1 is 1.33 bits per heavy atom. The molecule has 0 spiro atoms. The number of halogens is 1. The Balaban J connectivity index is 2.44. The first kappa shape index (κ1) is 13.6. The summed E-state index contributed by atoms with van der Waals surface area (Å²) in [6.45, 7) is 6.50. The van der Waals surface area contributed by atoms with Crippen LogP contribution in [0.3, 0.4) is 0 Å². The summed E-state index contributed by atoms with van der Waals surface area (Å²) in [6, 6.07) is 8.26. The van der Waals surface area contributed by atoms with Crippen molar-refractivity contribution in [2.75, 3.05) is 0 Å². The molecule has 1 heterocycles. The van der Waals surface area contributed by atoms with Crippen LogP contribution in [0.25, 0.3) is 5.69 Å². The summed E-state index contributed by atoms with van der Waals surface area (Å²) in [5.74, 6) is 0.623. The monoisotopic (exact) mass is 324 g/mol. The van der Waals surface area contributed by atoms with Crippen molar-refractivity contribution in [3.63, 3.8) is 0 Å². The van der Waals surface area contributed by atoms with Crippen molar-refractivity contribution in [2.24, 2.45) is 5.92 Å². The van der Waals surface area contributed by atoms with Gasteiger partial charge in [-0.3, -0.25) is 5.10 Å². The fraction of sp³-hybridized carbons (Fsp3) is 0.357. The van der Waals surface area contributed by atoms with E-state index in [1.807, 2.05) is 10.7 Å². The quantitative estimate of drug-likeness (QED) is 0.804. The number of nitrogens with zero attached hydrogens (tertiary/aromatic N) is 1. The number of nitrogens with one attached hydrogen (secondary N) is 1. The Labute approximate surface area is 121 Å². The van der Waals surface area contributed by atoms with Crippen LogP contribution in [0, 0.1) is 17.5 Å². The summed E-state index contributed by atoms with van der Waals surface area (Å²) < 4.78 is 3.90. The van der Waals surface area contributed by atoms with Crippen molar-refractivity contribution in [1.29, 1.82) is 0 Å². The zero-order chi connectivity index (χ0) is 13.3. The lowest BCUT2D eigenvalue weighted by atomic mass is 10.1. The Bertz CT molecular complexity index is 610. The van der Waals surface area contributed by atoms with E-state index in [1.165, 1.54) is 11.3 Å². The number of aryl methyl sites for hydroxylation is 1. The highest BCUT2D eigenvalue weighted by molar-refractivity contribution is 9.10. The van der Waals surface area contributed by atoms with Gasteiger partial charge in [0.25, 0.3) is 0 Å². The van der Waals surface area contributed by atoms with E-state index in [0.717, 1.165) is 21.2 Å². The number of benzene rings is 1.